The molecule has 0 saturated carbocycles. The minimum Gasteiger partial charge on any atom is -0.508 e. The second kappa shape index (κ2) is 8.44. The van der Waals surface area contributed by atoms with E-state index in [4.69, 9.17) is 18.7 Å². The van der Waals surface area contributed by atoms with Crippen LogP contribution in [-0.4, -0.2) is 37.4 Å². The predicted molar refractivity (Wildman–Crippen MR) is 125 cm³/mol. The second-order valence-electron chi connectivity index (χ2n) is 8.53. The number of phenols is 1. The molecular formula is C26H26N2O6. The molecule has 1 aliphatic heterocycles. The molecule has 0 bridgehead atoms. The van der Waals surface area contributed by atoms with Crippen LogP contribution in [0, 0.1) is 6.92 Å². The average Bonchev–Trinajstić information content (AvgIpc) is 3.22. The molecule has 3 aromatic rings. The number of phenolic OH excluding ortho intramolecular Hbond substituents is 1. The molecule has 0 fully saturated rings. The molecule has 2 aliphatic rings. The van der Waals surface area contributed by atoms with Crippen molar-refractivity contribution >= 4 is 11.7 Å². The highest BCUT2D eigenvalue weighted by molar-refractivity contribution is 6.01. The number of nitrogens with one attached hydrogen (secondary N) is 1. The SMILES string of the molecule is COc1cc(OC)c([C@H]2C3=C(C[C@@H](c4ccc(O)cc4)CC3=O)Nc3onc(C)c32)cc1OC. The van der Waals surface area contributed by atoms with Gasteiger partial charge in [-0.15, -0.1) is 0 Å². The normalized spacial score (nSPS) is 19.2. The Morgan fingerprint density at radius 1 is 1.00 bits per heavy atom. The van der Waals surface area contributed by atoms with Crippen LogP contribution in [0.3, 0.4) is 0 Å². The number of benzene rings is 2. The lowest BCUT2D eigenvalue weighted by Crippen LogP contribution is -2.29. The Labute approximate surface area is 197 Å². The first kappa shape index (κ1) is 21.9. The van der Waals surface area contributed by atoms with Gasteiger partial charge in [-0.2, -0.15) is 0 Å². The van der Waals surface area contributed by atoms with Gasteiger partial charge in [0.05, 0.1) is 38.5 Å². The van der Waals surface area contributed by atoms with Crippen molar-refractivity contribution < 1.29 is 28.6 Å². The number of ether oxygens (including phenoxy) is 3. The monoisotopic (exact) mass is 462 g/mol. The van der Waals surface area contributed by atoms with Gasteiger partial charge < -0.3 is 29.2 Å². The van der Waals surface area contributed by atoms with Gasteiger partial charge in [0.1, 0.15) is 11.5 Å². The highest BCUT2D eigenvalue weighted by atomic mass is 16.5. The summed E-state index contributed by atoms with van der Waals surface area (Å²) < 4.78 is 22.4. The van der Waals surface area contributed by atoms with Crippen LogP contribution >= 0.6 is 0 Å². The van der Waals surface area contributed by atoms with Gasteiger partial charge in [0.15, 0.2) is 17.3 Å². The number of ketones is 1. The van der Waals surface area contributed by atoms with Crippen molar-refractivity contribution in [2.75, 3.05) is 26.6 Å². The molecule has 0 spiro atoms. The van der Waals surface area contributed by atoms with E-state index >= 15 is 0 Å². The van der Waals surface area contributed by atoms with Crippen molar-refractivity contribution in [3.05, 3.63) is 70.1 Å². The summed E-state index contributed by atoms with van der Waals surface area (Å²) in [5.74, 6) is 1.98. The zero-order chi connectivity index (χ0) is 24.0. The maximum absolute atomic E-state index is 13.7. The summed E-state index contributed by atoms with van der Waals surface area (Å²) in [6.07, 6.45) is 0.980. The lowest BCUT2D eigenvalue weighted by molar-refractivity contribution is -0.116. The third-order valence-corrected chi connectivity index (χ3v) is 6.67. The topological polar surface area (TPSA) is 103 Å². The maximum Gasteiger partial charge on any atom is 0.233 e. The molecule has 0 radical (unpaired) electrons. The Morgan fingerprint density at radius 2 is 1.68 bits per heavy atom. The molecule has 1 aromatic heterocycles. The zero-order valence-electron chi connectivity index (χ0n) is 19.5. The molecule has 2 N–H and O–H groups in total. The van der Waals surface area contributed by atoms with Crippen LogP contribution in [0.15, 0.2) is 52.2 Å². The number of methoxy groups -OCH3 is 3. The molecule has 0 saturated heterocycles. The predicted octanol–water partition coefficient (Wildman–Crippen LogP) is 4.67. The highest BCUT2D eigenvalue weighted by Crippen LogP contribution is 2.52. The molecule has 2 aromatic carbocycles. The van der Waals surface area contributed by atoms with Crippen LogP contribution in [0.5, 0.6) is 23.0 Å². The standard InChI is InChI=1S/C26H26N2O6/c1-13-23-24(17-11-21(32-3)22(33-4)12-20(17)31-2)25-18(27-26(23)34-28-13)9-15(10-19(25)30)14-5-7-16(29)8-6-14/h5-8,11-12,15,24,27,29H,9-10H2,1-4H3/t15-,24-/m1/s1. The summed E-state index contributed by atoms with van der Waals surface area (Å²) >= 11 is 0. The molecule has 8 nitrogen and oxygen atoms in total. The van der Waals surface area contributed by atoms with E-state index in [1.807, 2.05) is 25.1 Å². The number of carbonyl (C=O) groups excluding carboxylic acids is 1. The van der Waals surface area contributed by atoms with Gasteiger partial charge in [0, 0.05) is 29.3 Å². The smallest absolute Gasteiger partial charge is 0.233 e. The number of hydrogen-bond donors (Lipinski definition) is 2. The molecule has 176 valence electrons. The molecule has 0 unspecified atom stereocenters. The summed E-state index contributed by atoms with van der Waals surface area (Å²) in [4.78, 5) is 13.7. The number of hydrogen-bond acceptors (Lipinski definition) is 8. The lowest BCUT2D eigenvalue weighted by atomic mass is 9.72. The summed E-state index contributed by atoms with van der Waals surface area (Å²) in [5, 5.41) is 17.2. The number of carbonyl (C=O) groups is 1. The van der Waals surface area contributed by atoms with E-state index in [0.29, 0.717) is 47.2 Å². The van der Waals surface area contributed by atoms with Gasteiger partial charge in [0.25, 0.3) is 0 Å². The van der Waals surface area contributed by atoms with Crippen LogP contribution in [0.4, 0.5) is 5.88 Å². The first-order chi connectivity index (χ1) is 16.4. The van der Waals surface area contributed by atoms with Crippen LogP contribution in [-0.2, 0) is 4.79 Å². The number of anilines is 1. The van der Waals surface area contributed by atoms with Gasteiger partial charge in [0.2, 0.25) is 5.88 Å². The van der Waals surface area contributed by atoms with Crippen molar-refractivity contribution in [3.63, 3.8) is 0 Å². The molecular weight excluding hydrogens is 436 g/mol. The third kappa shape index (κ3) is 3.46. The average molecular weight is 463 g/mol. The third-order valence-electron chi connectivity index (χ3n) is 6.67. The van der Waals surface area contributed by atoms with Crippen LogP contribution in [0.25, 0.3) is 0 Å². The Bertz CT molecular complexity index is 1290. The molecule has 5 rings (SSSR count). The fourth-order valence-electron chi connectivity index (χ4n) is 5.04. The fraction of sp³-hybridized carbons (Fsp3) is 0.308. The van der Waals surface area contributed by atoms with Gasteiger partial charge in [-0.05, 0) is 43.0 Å². The van der Waals surface area contributed by atoms with E-state index in [1.54, 1.807) is 39.5 Å². The number of aromatic nitrogens is 1. The molecule has 34 heavy (non-hydrogen) atoms. The molecule has 2 heterocycles. The number of nitrogens with zero attached hydrogens (tertiary/aromatic N) is 1. The summed E-state index contributed by atoms with van der Waals surface area (Å²) in [7, 11) is 4.73. The summed E-state index contributed by atoms with van der Waals surface area (Å²) in [6.45, 7) is 1.86. The molecule has 2 atom stereocenters. The van der Waals surface area contributed by atoms with E-state index in [9.17, 15) is 9.90 Å². The Kier molecular flexibility index (Phi) is 5.43. The minimum atomic E-state index is -0.430. The van der Waals surface area contributed by atoms with Gasteiger partial charge in [-0.1, -0.05) is 17.3 Å². The largest absolute Gasteiger partial charge is 0.508 e. The number of rotatable bonds is 5. The molecule has 8 heteroatoms. The highest BCUT2D eigenvalue weighted by Gasteiger charge is 2.42. The Hall–Kier alpha value is -3.94. The molecule has 1 aliphatic carbocycles. The van der Waals surface area contributed by atoms with Crippen LogP contribution in [0.2, 0.25) is 0 Å². The van der Waals surface area contributed by atoms with Crippen LogP contribution in [0.1, 0.15) is 47.1 Å². The first-order valence-corrected chi connectivity index (χ1v) is 11.0. The number of aromatic hydroxyl groups is 1. The summed E-state index contributed by atoms with van der Waals surface area (Å²) in [5.41, 5.74) is 4.77. The quantitative estimate of drug-likeness (QED) is 0.564. The zero-order valence-corrected chi connectivity index (χ0v) is 19.5. The minimum absolute atomic E-state index is 0.0159. The first-order valence-electron chi connectivity index (χ1n) is 11.0. The van der Waals surface area contributed by atoms with E-state index in [1.165, 1.54) is 0 Å². The van der Waals surface area contributed by atoms with Crippen molar-refractivity contribution in [3.8, 4) is 23.0 Å². The number of allylic oxidation sites excluding steroid dienone is 2. The van der Waals surface area contributed by atoms with Crippen molar-refractivity contribution in [1.29, 1.82) is 0 Å². The van der Waals surface area contributed by atoms with E-state index in [2.05, 4.69) is 10.5 Å². The van der Waals surface area contributed by atoms with Gasteiger partial charge >= 0.3 is 0 Å². The lowest BCUT2D eigenvalue weighted by Gasteiger charge is -2.35. The van der Waals surface area contributed by atoms with Crippen LogP contribution < -0.4 is 19.5 Å². The number of fused-ring (bicyclic) bond motifs is 1. The van der Waals surface area contributed by atoms with Gasteiger partial charge in [-0.3, -0.25) is 4.79 Å². The fourth-order valence-corrected chi connectivity index (χ4v) is 5.04. The van der Waals surface area contributed by atoms with Crippen molar-refractivity contribution in [2.24, 2.45) is 0 Å². The van der Waals surface area contributed by atoms with E-state index in [0.717, 1.165) is 22.4 Å². The van der Waals surface area contributed by atoms with E-state index < -0.39 is 5.92 Å². The Balaban J connectivity index is 1.67. The van der Waals surface area contributed by atoms with Gasteiger partial charge in [-0.25, -0.2) is 0 Å². The number of Topliss-reactive ketones (excluding diaryl/α,β-unsaturated/α-hetero) is 1. The Morgan fingerprint density at radius 3 is 2.35 bits per heavy atom. The summed E-state index contributed by atoms with van der Waals surface area (Å²) in [6, 6.07) is 10.6. The molecule has 0 amide bonds. The van der Waals surface area contributed by atoms with Crippen molar-refractivity contribution in [2.45, 2.75) is 31.6 Å². The number of aryl methyl sites for hydroxylation is 1. The second-order valence-corrected chi connectivity index (χ2v) is 8.53. The van der Waals surface area contributed by atoms with E-state index in [-0.39, 0.29) is 17.5 Å². The maximum atomic E-state index is 13.7. The van der Waals surface area contributed by atoms with Crippen molar-refractivity contribution in [1.82, 2.24) is 5.16 Å².